The topological polar surface area (TPSA) is 51.2 Å². The zero-order valence-electron chi connectivity index (χ0n) is 16.6. The molecule has 1 heterocycles. The SMILES string of the molecule is COc1cc(OC)cc(C(=O)N2CCN(CCCOc3ccccc3)CC2)c1. The van der Waals surface area contributed by atoms with Crippen LogP contribution in [0, 0.1) is 0 Å². The third kappa shape index (κ3) is 5.39. The van der Waals surface area contributed by atoms with Crippen LogP contribution in [0.3, 0.4) is 0 Å². The van der Waals surface area contributed by atoms with Gasteiger partial charge < -0.3 is 19.1 Å². The number of ether oxygens (including phenoxy) is 3. The van der Waals surface area contributed by atoms with E-state index in [-0.39, 0.29) is 5.91 Å². The summed E-state index contributed by atoms with van der Waals surface area (Å²) in [5.41, 5.74) is 0.598. The van der Waals surface area contributed by atoms with Gasteiger partial charge in [0, 0.05) is 44.4 Å². The number of hydrogen-bond donors (Lipinski definition) is 0. The van der Waals surface area contributed by atoms with Gasteiger partial charge >= 0.3 is 0 Å². The second-order valence-corrected chi connectivity index (χ2v) is 6.75. The molecule has 0 aliphatic carbocycles. The van der Waals surface area contributed by atoms with Crippen molar-refractivity contribution in [2.75, 3.05) is 53.6 Å². The fourth-order valence-corrected chi connectivity index (χ4v) is 3.28. The standard InChI is InChI=1S/C22H28N2O4/c1-26-20-15-18(16-21(17-20)27-2)22(25)24-12-10-23(11-13-24)9-6-14-28-19-7-4-3-5-8-19/h3-5,7-8,15-17H,6,9-14H2,1-2H3. The van der Waals surface area contributed by atoms with Crippen LogP contribution in [0.4, 0.5) is 0 Å². The number of hydrogen-bond acceptors (Lipinski definition) is 5. The maximum Gasteiger partial charge on any atom is 0.254 e. The summed E-state index contributed by atoms with van der Waals surface area (Å²) in [5, 5.41) is 0. The summed E-state index contributed by atoms with van der Waals surface area (Å²) < 4.78 is 16.3. The first kappa shape index (κ1) is 20.0. The number of piperazine rings is 1. The summed E-state index contributed by atoms with van der Waals surface area (Å²) in [6, 6.07) is 15.2. The molecule has 2 aromatic carbocycles. The summed E-state index contributed by atoms with van der Waals surface area (Å²) in [6.45, 7) is 4.86. The zero-order valence-corrected chi connectivity index (χ0v) is 16.6. The van der Waals surface area contributed by atoms with E-state index >= 15 is 0 Å². The second kappa shape index (κ2) is 9.99. The van der Waals surface area contributed by atoms with Crippen molar-refractivity contribution in [3.8, 4) is 17.2 Å². The molecule has 0 atom stereocenters. The van der Waals surface area contributed by atoms with Crippen molar-refractivity contribution in [3.63, 3.8) is 0 Å². The highest BCUT2D eigenvalue weighted by atomic mass is 16.5. The minimum Gasteiger partial charge on any atom is -0.497 e. The molecule has 1 fully saturated rings. The number of amides is 1. The Morgan fingerprint density at radius 1 is 0.893 bits per heavy atom. The second-order valence-electron chi connectivity index (χ2n) is 6.75. The number of methoxy groups -OCH3 is 2. The maximum absolute atomic E-state index is 12.8. The van der Waals surface area contributed by atoms with Crippen molar-refractivity contribution in [1.82, 2.24) is 9.80 Å². The minimum atomic E-state index is 0.0178. The van der Waals surface area contributed by atoms with Crippen LogP contribution >= 0.6 is 0 Å². The molecule has 6 heteroatoms. The van der Waals surface area contributed by atoms with E-state index in [0.29, 0.717) is 23.7 Å². The van der Waals surface area contributed by atoms with E-state index in [1.165, 1.54) is 0 Å². The Morgan fingerprint density at radius 3 is 2.14 bits per heavy atom. The van der Waals surface area contributed by atoms with Crippen molar-refractivity contribution in [2.45, 2.75) is 6.42 Å². The fourth-order valence-electron chi connectivity index (χ4n) is 3.28. The van der Waals surface area contributed by atoms with E-state index in [4.69, 9.17) is 14.2 Å². The van der Waals surface area contributed by atoms with Crippen molar-refractivity contribution >= 4 is 5.91 Å². The first-order chi connectivity index (χ1) is 13.7. The maximum atomic E-state index is 12.8. The molecule has 0 saturated carbocycles. The van der Waals surface area contributed by atoms with E-state index < -0.39 is 0 Å². The largest absolute Gasteiger partial charge is 0.497 e. The Kier molecular flexibility index (Phi) is 7.14. The molecule has 0 spiro atoms. The van der Waals surface area contributed by atoms with Crippen molar-refractivity contribution < 1.29 is 19.0 Å². The summed E-state index contributed by atoms with van der Waals surface area (Å²) >= 11 is 0. The van der Waals surface area contributed by atoms with Crippen LogP contribution in [-0.4, -0.2) is 69.3 Å². The summed E-state index contributed by atoms with van der Waals surface area (Å²) in [5.74, 6) is 2.18. The van der Waals surface area contributed by atoms with Crippen LogP contribution in [0.25, 0.3) is 0 Å². The highest BCUT2D eigenvalue weighted by Crippen LogP contribution is 2.23. The van der Waals surface area contributed by atoms with E-state index in [1.807, 2.05) is 35.2 Å². The van der Waals surface area contributed by atoms with Crippen LogP contribution in [0.2, 0.25) is 0 Å². The molecule has 150 valence electrons. The van der Waals surface area contributed by atoms with Gasteiger partial charge in [0.05, 0.1) is 20.8 Å². The molecule has 0 unspecified atom stereocenters. The third-order valence-electron chi connectivity index (χ3n) is 4.89. The Bertz CT molecular complexity index is 736. The highest BCUT2D eigenvalue weighted by Gasteiger charge is 2.22. The summed E-state index contributed by atoms with van der Waals surface area (Å²) in [4.78, 5) is 17.1. The van der Waals surface area contributed by atoms with E-state index in [0.717, 1.165) is 44.9 Å². The quantitative estimate of drug-likeness (QED) is 0.655. The Hall–Kier alpha value is -2.73. The molecule has 1 amide bonds. The van der Waals surface area contributed by atoms with Gasteiger partial charge in [0.15, 0.2) is 0 Å². The van der Waals surface area contributed by atoms with Crippen LogP contribution in [0.15, 0.2) is 48.5 Å². The predicted molar refractivity (Wildman–Crippen MR) is 108 cm³/mol. The first-order valence-electron chi connectivity index (χ1n) is 9.62. The number of nitrogens with zero attached hydrogens (tertiary/aromatic N) is 2. The van der Waals surface area contributed by atoms with Gasteiger partial charge in [0.2, 0.25) is 0 Å². The van der Waals surface area contributed by atoms with Gasteiger partial charge in [-0.05, 0) is 30.7 Å². The van der Waals surface area contributed by atoms with Crippen LogP contribution in [0.1, 0.15) is 16.8 Å². The monoisotopic (exact) mass is 384 g/mol. The van der Waals surface area contributed by atoms with Gasteiger partial charge in [-0.1, -0.05) is 18.2 Å². The van der Waals surface area contributed by atoms with Gasteiger partial charge in [0.25, 0.3) is 5.91 Å². The number of benzene rings is 2. The van der Waals surface area contributed by atoms with E-state index in [2.05, 4.69) is 4.90 Å². The molecule has 0 radical (unpaired) electrons. The molecule has 6 nitrogen and oxygen atoms in total. The van der Waals surface area contributed by atoms with Gasteiger partial charge in [-0.2, -0.15) is 0 Å². The molecule has 0 aromatic heterocycles. The van der Waals surface area contributed by atoms with Crippen molar-refractivity contribution in [3.05, 3.63) is 54.1 Å². The number of para-hydroxylation sites is 1. The fraction of sp³-hybridized carbons (Fsp3) is 0.409. The van der Waals surface area contributed by atoms with Crippen LogP contribution in [-0.2, 0) is 0 Å². The molecular formula is C22H28N2O4. The lowest BCUT2D eigenvalue weighted by atomic mass is 10.1. The molecule has 0 N–H and O–H groups in total. The summed E-state index contributed by atoms with van der Waals surface area (Å²) in [7, 11) is 3.17. The molecule has 1 aliphatic rings. The van der Waals surface area contributed by atoms with Gasteiger partial charge in [0.1, 0.15) is 17.2 Å². The normalized spacial score (nSPS) is 14.6. The Morgan fingerprint density at radius 2 is 1.54 bits per heavy atom. The average molecular weight is 384 g/mol. The number of carbonyl (C=O) groups excluding carboxylic acids is 1. The van der Waals surface area contributed by atoms with E-state index in [9.17, 15) is 4.79 Å². The third-order valence-corrected chi connectivity index (χ3v) is 4.89. The summed E-state index contributed by atoms with van der Waals surface area (Å²) in [6.07, 6.45) is 0.968. The molecule has 1 saturated heterocycles. The molecular weight excluding hydrogens is 356 g/mol. The minimum absolute atomic E-state index is 0.0178. The first-order valence-corrected chi connectivity index (χ1v) is 9.62. The molecule has 28 heavy (non-hydrogen) atoms. The van der Waals surface area contributed by atoms with Crippen molar-refractivity contribution in [1.29, 1.82) is 0 Å². The van der Waals surface area contributed by atoms with Crippen molar-refractivity contribution in [2.24, 2.45) is 0 Å². The van der Waals surface area contributed by atoms with E-state index in [1.54, 1.807) is 32.4 Å². The molecule has 0 bridgehead atoms. The zero-order chi connectivity index (χ0) is 19.8. The predicted octanol–water partition coefficient (Wildman–Crippen LogP) is 2.93. The van der Waals surface area contributed by atoms with Gasteiger partial charge in [-0.25, -0.2) is 0 Å². The molecule has 1 aliphatic heterocycles. The van der Waals surface area contributed by atoms with Crippen LogP contribution < -0.4 is 14.2 Å². The Labute approximate surface area is 166 Å². The number of carbonyl (C=O) groups is 1. The van der Waals surface area contributed by atoms with Gasteiger partial charge in [-0.15, -0.1) is 0 Å². The molecule has 3 rings (SSSR count). The Balaban J connectivity index is 1.44. The lowest BCUT2D eigenvalue weighted by Crippen LogP contribution is -2.49. The average Bonchev–Trinajstić information content (AvgIpc) is 2.77. The lowest BCUT2D eigenvalue weighted by Gasteiger charge is -2.34. The molecule has 2 aromatic rings. The number of rotatable bonds is 8. The van der Waals surface area contributed by atoms with Gasteiger partial charge in [-0.3, -0.25) is 9.69 Å². The van der Waals surface area contributed by atoms with Crippen LogP contribution in [0.5, 0.6) is 17.2 Å². The smallest absolute Gasteiger partial charge is 0.254 e. The highest BCUT2D eigenvalue weighted by molar-refractivity contribution is 5.95. The lowest BCUT2D eigenvalue weighted by molar-refractivity contribution is 0.0630.